The first kappa shape index (κ1) is 20.3. The zero-order chi connectivity index (χ0) is 21.8. The molecule has 0 unspecified atom stereocenters. The smallest absolute Gasteiger partial charge is 0.306 e. The molecule has 0 radical (unpaired) electrons. The molecule has 0 saturated carbocycles. The zero-order valence-corrected chi connectivity index (χ0v) is 17.4. The summed E-state index contributed by atoms with van der Waals surface area (Å²) in [5.41, 5.74) is 9.06. The Morgan fingerprint density at radius 3 is 2.58 bits per heavy atom. The standard InChI is InChI=1S/C23H23N5O3/c1-15-19(16(2)28-23(25-15)26-22(24)27-28)12-13-21(29)30-14-17-8-6-7-11-20(17)31-18-9-4-3-5-10-18/h3-11H,12-14H2,1-2H3,(H2,24,27). The number of esters is 1. The van der Waals surface area contributed by atoms with Crippen molar-refractivity contribution >= 4 is 17.7 Å². The Hall–Kier alpha value is -3.94. The molecule has 0 bridgehead atoms. The van der Waals surface area contributed by atoms with Gasteiger partial charge in [-0.2, -0.15) is 9.50 Å². The summed E-state index contributed by atoms with van der Waals surface area (Å²) >= 11 is 0. The highest BCUT2D eigenvalue weighted by Crippen LogP contribution is 2.25. The first-order chi connectivity index (χ1) is 15.0. The number of hydrogen-bond donors (Lipinski definition) is 1. The minimum atomic E-state index is -0.300. The monoisotopic (exact) mass is 417 g/mol. The molecule has 2 N–H and O–H groups in total. The molecule has 0 saturated heterocycles. The van der Waals surface area contributed by atoms with E-state index in [0.717, 1.165) is 28.3 Å². The number of nitrogens with two attached hydrogens (primary N) is 1. The van der Waals surface area contributed by atoms with Crippen LogP contribution in [0, 0.1) is 13.8 Å². The molecular weight excluding hydrogens is 394 g/mol. The Labute approximate surface area is 179 Å². The number of aryl methyl sites for hydroxylation is 2. The number of benzene rings is 2. The van der Waals surface area contributed by atoms with Gasteiger partial charge in [0.2, 0.25) is 5.95 Å². The molecule has 2 aromatic heterocycles. The fourth-order valence-corrected chi connectivity index (χ4v) is 3.38. The van der Waals surface area contributed by atoms with E-state index >= 15 is 0 Å². The van der Waals surface area contributed by atoms with Crippen LogP contribution in [0.15, 0.2) is 54.6 Å². The highest BCUT2D eigenvalue weighted by atomic mass is 16.5. The van der Waals surface area contributed by atoms with Gasteiger partial charge in [-0.1, -0.05) is 36.4 Å². The minimum absolute atomic E-state index is 0.136. The summed E-state index contributed by atoms with van der Waals surface area (Å²) in [5.74, 6) is 1.71. The average molecular weight is 417 g/mol. The van der Waals surface area contributed by atoms with Crippen molar-refractivity contribution in [2.75, 3.05) is 5.73 Å². The maximum Gasteiger partial charge on any atom is 0.306 e. The molecule has 0 spiro atoms. The lowest BCUT2D eigenvalue weighted by Crippen LogP contribution is -2.10. The van der Waals surface area contributed by atoms with Crippen LogP contribution in [0.4, 0.5) is 5.95 Å². The van der Waals surface area contributed by atoms with Gasteiger partial charge in [-0.05, 0) is 44.0 Å². The maximum atomic E-state index is 12.4. The quantitative estimate of drug-likeness (QED) is 0.456. The molecule has 8 heteroatoms. The molecule has 4 aromatic rings. The summed E-state index contributed by atoms with van der Waals surface area (Å²) < 4.78 is 13.0. The number of carbonyl (C=O) groups is 1. The summed E-state index contributed by atoms with van der Waals surface area (Å²) in [4.78, 5) is 20.9. The van der Waals surface area contributed by atoms with Gasteiger partial charge < -0.3 is 15.2 Å². The van der Waals surface area contributed by atoms with Crippen molar-refractivity contribution in [1.82, 2.24) is 19.6 Å². The first-order valence-corrected chi connectivity index (χ1v) is 9.96. The fraction of sp³-hybridized carbons (Fsp3) is 0.217. The van der Waals surface area contributed by atoms with E-state index in [1.54, 1.807) is 4.52 Å². The van der Waals surface area contributed by atoms with Crippen LogP contribution in [0.3, 0.4) is 0 Å². The van der Waals surface area contributed by atoms with Crippen molar-refractivity contribution < 1.29 is 14.3 Å². The molecule has 0 aliphatic rings. The average Bonchev–Trinajstić information content (AvgIpc) is 3.14. The van der Waals surface area contributed by atoms with Gasteiger partial charge in [0.1, 0.15) is 18.1 Å². The Morgan fingerprint density at radius 2 is 1.77 bits per heavy atom. The third-order valence-corrected chi connectivity index (χ3v) is 4.98. The molecular formula is C23H23N5O3. The zero-order valence-electron chi connectivity index (χ0n) is 17.4. The van der Waals surface area contributed by atoms with Gasteiger partial charge in [-0.15, -0.1) is 5.10 Å². The van der Waals surface area contributed by atoms with E-state index in [9.17, 15) is 4.79 Å². The van der Waals surface area contributed by atoms with Gasteiger partial charge in [-0.25, -0.2) is 4.98 Å². The third-order valence-electron chi connectivity index (χ3n) is 4.98. The normalized spacial score (nSPS) is 10.9. The predicted molar refractivity (Wildman–Crippen MR) is 116 cm³/mol. The Morgan fingerprint density at radius 1 is 1.03 bits per heavy atom. The lowest BCUT2D eigenvalue weighted by atomic mass is 10.1. The lowest BCUT2D eigenvalue weighted by Gasteiger charge is -2.12. The SMILES string of the molecule is Cc1nc2nc(N)nn2c(C)c1CCC(=O)OCc1ccccc1Oc1ccccc1. The lowest BCUT2D eigenvalue weighted by molar-refractivity contribution is -0.144. The topological polar surface area (TPSA) is 105 Å². The number of hydrogen-bond acceptors (Lipinski definition) is 7. The second-order valence-corrected chi connectivity index (χ2v) is 7.13. The maximum absolute atomic E-state index is 12.4. The molecule has 0 aliphatic carbocycles. The molecule has 4 rings (SSSR count). The van der Waals surface area contributed by atoms with Crippen molar-refractivity contribution in [3.63, 3.8) is 0 Å². The first-order valence-electron chi connectivity index (χ1n) is 9.96. The van der Waals surface area contributed by atoms with Gasteiger partial charge in [0, 0.05) is 23.4 Å². The summed E-state index contributed by atoms with van der Waals surface area (Å²) in [6.07, 6.45) is 0.710. The van der Waals surface area contributed by atoms with Crippen molar-refractivity contribution in [1.29, 1.82) is 0 Å². The van der Waals surface area contributed by atoms with E-state index in [1.165, 1.54) is 0 Å². The highest BCUT2D eigenvalue weighted by Gasteiger charge is 2.15. The van der Waals surface area contributed by atoms with E-state index in [2.05, 4.69) is 15.1 Å². The van der Waals surface area contributed by atoms with E-state index in [4.69, 9.17) is 15.2 Å². The summed E-state index contributed by atoms with van der Waals surface area (Å²) in [7, 11) is 0. The summed E-state index contributed by atoms with van der Waals surface area (Å²) in [6, 6.07) is 17.0. The number of para-hydroxylation sites is 2. The van der Waals surface area contributed by atoms with Crippen LogP contribution in [-0.4, -0.2) is 25.6 Å². The van der Waals surface area contributed by atoms with Gasteiger partial charge in [0.05, 0.1) is 0 Å². The largest absolute Gasteiger partial charge is 0.461 e. The summed E-state index contributed by atoms with van der Waals surface area (Å²) in [5, 5.41) is 4.15. The molecule has 0 amide bonds. The second kappa shape index (κ2) is 8.83. The van der Waals surface area contributed by atoms with Crippen LogP contribution in [0.2, 0.25) is 0 Å². The van der Waals surface area contributed by atoms with Crippen LogP contribution >= 0.6 is 0 Å². The number of carbonyl (C=O) groups excluding carboxylic acids is 1. The number of rotatable bonds is 7. The van der Waals surface area contributed by atoms with E-state index in [1.807, 2.05) is 68.4 Å². The van der Waals surface area contributed by atoms with Crippen molar-refractivity contribution in [3.05, 3.63) is 77.1 Å². The van der Waals surface area contributed by atoms with Gasteiger partial charge in [0.15, 0.2) is 0 Å². The molecule has 31 heavy (non-hydrogen) atoms. The Kier molecular flexibility index (Phi) is 5.79. The third kappa shape index (κ3) is 4.63. The van der Waals surface area contributed by atoms with Crippen LogP contribution in [0.1, 0.15) is 28.9 Å². The number of nitrogen functional groups attached to an aromatic ring is 1. The van der Waals surface area contributed by atoms with Crippen LogP contribution in [0.5, 0.6) is 11.5 Å². The van der Waals surface area contributed by atoms with Crippen molar-refractivity contribution in [3.8, 4) is 11.5 Å². The van der Waals surface area contributed by atoms with Gasteiger partial charge in [-0.3, -0.25) is 4.79 Å². The van der Waals surface area contributed by atoms with E-state index in [0.29, 0.717) is 17.9 Å². The Balaban J connectivity index is 1.39. The molecule has 2 heterocycles. The fourth-order valence-electron chi connectivity index (χ4n) is 3.38. The van der Waals surface area contributed by atoms with E-state index in [-0.39, 0.29) is 24.9 Å². The molecule has 2 aromatic carbocycles. The van der Waals surface area contributed by atoms with Gasteiger partial charge in [0.25, 0.3) is 5.78 Å². The van der Waals surface area contributed by atoms with Crippen LogP contribution in [0.25, 0.3) is 5.78 Å². The van der Waals surface area contributed by atoms with Crippen LogP contribution in [-0.2, 0) is 22.6 Å². The molecule has 0 aliphatic heterocycles. The van der Waals surface area contributed by atoms with Crippen LogP contribution < -0.4 is 10.5 Å². The molecule has 8 nitrogen and oxygen atoms in total. The minimum Gasteiger partial charge on any atom is -0.461 e. The molecule has 0 fully saturated rings. The van der Waals surface area contributed by atoms with Crippen molar-refractivity contribution in [2.24, 2.45) is 0 Å². The molecule has 158 valence electrons. The number of anilines is 1. The van der Waals surface area contributed by atoms with Gasteiger partial charge >= 0.3 is 5.97 Å². The Bertz CT molecular complexity index is 1220. The van der Waals surface area contributed by atoms with Crippen molar-refractivity contribution in [2.45, 2.75) is 33.3 Å². The highest BCUT2D eigenvalue weighted by molar-refractivity contribution is 5.70. The predicted octanol–water partition coefficient (Wildman–Crippen LogP) is 3.79. The number of fused-ring (bicyclic) bond motifs is 1. The number of aromatic nitrogens is 4. The van der Waals surface area contributed by atoms with E-state index < -0.39 is 0 Å². The number of ether oxygens (including phenoxy) is 2. The number of nitrogens with zero attached hydrogens (tertiary/aromatic N) is 4. The molecule has 0 atom stereocenters. The summed E-state index contributed by atoms with van der Waals surface area (Å²) in [6.45, 7) is 3.93. The second-order valence-electron chi connectivity index (χ2n) is 7.13.